The summed E-state index contributed by atoms with van der Waals surface area (Å²) in [5, 5.41) is 12.7. The van der Waals surface area contributed by atoms with Gasteiger partial charge in [0.25, 0.3) is 0 Å². The fourth-order valence-electron chi connectivity index (χ4n) is 2.67. The van der Waals surface area contributed by atoms with Crippen molar-refractivity contribution in [3.8, 4) is 5.69 Å². The van der Waals surface area contributed by atoms with Gasteiger partial charge in [0, 0.05) is 18.1 Å². The lowest BCUT2D eigenvalue weighted by Gasteiger charge is -2.31. The predicted molar refractivity (Wildman–Crippen MR) is 93.4 cm³/mol. The van der Waals surface area contributed by atoms with Gasteiger partial charge in [0.05, 0.1) is 17.4 Å². The van der Waals surface area contributed by atoms with Crippen LogP contribution in [0, 0.1) is 5.92 Å². The molecule has 1 aromatic carbocycles. The molecule has 2 N–H and O–H groups in total. The summed E-state index contributed by atoms with van der Waals surface area (Å²) >= 11 is 7.14. The lowest BCUT2D eigenvalue weighted by Crippen LogP contribution is -2.44. The summed E-state index contributed by atoms with van der Waals surface area (Å²) in [4.78, 5) is 25.4. The average molecular weight is 381 g/mol. The van der Waals surface area contributed by atoms with E-state index in [0.717, 1.165) is 18.5 Å². The second-order valence-electron chi connectivity index (χ2n) is 5.72. The van der Waals surface area contributed by atoms with Crippen LogP contribution in [0.1, 0.15) is 12.8 Å². The normalized spacial score (nSPS) is 17.5. The van der Waals surface area contributed by atoms with Gasteiger partial charge >= 0.3 is 0 Å². The molecule has 0 aliphatic carbocycles. The number of carbonyl (C=O) groups excluding carboxylic acids is 2. The van der Waals surface area contributed by atoms with Gasteiger partial charge in [-0.15, -0.1) is 5.10 Å². The Labute approximate surface area is 153 Å². The van der Waals surface area contributed by atoms with Crippen LogP contribution in [0.2, 0.25) is 5.02 Å². The summed E-state index contributed by atoms with van der Waals surface area (Å²) in [6.45, 7) is 1.03. The van der Waals surface area contributed by atoms with E-state index in [0.29, 0.717) is 23.3 Å². The zero-order valence-corrected chi connectivity index (χ0v) is 14.9. The van der Waals surface area contributed by atoms with Gasteiger partial charge in [0.1, 0.15) is 0 Å². The topological polar surface area (TPSA) is 107 Å². The van der Waals surface area contributed by atoms with Crippen LogP contribution in [0.4, 0.5) is 0 Å². The molecule has 25 heavy (non-hydrogen) atoms. The minimum atomic E-state index is -0.350. The van der Waals surface area contributed by atoms with Crippen molar-refractivity contribution < 1.29 is 9.59 Å². The third kappa shape index (κ3) is 4.29. The lowest BCUT2D eigenvalue weighted by atomic mass is 9.97. The fraction of sp³-hybridized carbons (Fsp3) is 0.400. The number of carbonyl (C=O) groups is 2. The van der Waals surface area contributed by atoms with Gasteiger partial charge in [-0.3, -0.25) is 9.59 Å². The lowest BCUT2D eigenvalue weighted by molar-refractivity contribution is -0.132. The molecule has 1 atom stereocenters. The van der Waals surface area contributed by atoms with E-state index in [-0.39, 0.29) is 23.5 Å². The van der Waals surface area contributed by atoms with Crippen molar-refractivity contribution >= 4 is 35.2 Å². The summed E-state index contributed by atoms with van der Waals surface area (Å²) < 4.78 is 1.55. The van der Waals surface area contributed by atoms with Gasteiger partial charge < -0.3 is 10.6 Å². The molecule has 1 aliphatic rings. The highest BCUT2D eigenvalue weighted by Crippen LogP contribution is 2.22. The highest BCUT2D eigenvalue weighted by Gasteiger charge is 2.27. The Morgan fingerprint density at radius 1 is 1.32 bits per heavy atom. The number of halogens is 1. The van der Waals surface area contributed by atoms with Crippen LogP contribution in [0.3, 0.4) is 0 Å². The van der Waals surface area contributed by atoms with E-state index in [2.05, 4.69) is 15.5 Å². The SMILES string of the molecule is NC(=O)[C@H]1CCCN(C(=O)CSc2nnnn2-c2ccc(Cl)cc2)C1. The van der Waals surface area contributed by atoms with Crippen LogP contribution >= 0.6 is 23.4 Å². The number of benzene rings is 1. The van der Waals surface area contributed by atoms with E-state index in [9.17, 15) is 9.59 Å². The van der Waals surface area contributed by atoms with Crippen molar-refractivity contribution in [2.24, 2.45) is 11.7 Å². The van der Waals surface area contributed by atoms with Gasteiger partial charge in [-0.05, 0) is 47.5 Å². The van der Waals surface area contributed by atoms with Crippen molar-refractivity contribution in [3.63, 3.8) is 0 Å². The Morgan fingerprint density at radius 2 is 2.08 bits per heavy atom. The van der Waals surface area contributed by atoms with Crippen LogP contribution < -0.4 is 5.73 Å². The van der Waals surface area contributed by atoms with Gasteiger partial charge in [0.2, 0.25) is 17.0 Å². The molecule has 0 radical (unpaired) electrons. The second kappa shape index (κ2) is 7.83. The standard InChI is InChI=1S/C15H17ClN6O2S/c16-11-3-5-12(6-4-11)22-15(18-19-20-22)25-9-13(23)21-7-1-2-10(8-21)14(17)24/h3-6,10H,1-2,7-9H2,(H2,17,24)/t10-/m0/s1. The number of amides is 2. The highest BCUT2D eigenvalue weighted by molar-refractivity contribution is 7.99. The third-order valence-electron chi connectivity index (χ3n) is 4.01. The van der Waals surface area contributed by atoms with Crippen LogP contribution in [0.5, 0.6) is 0 Å². The smallest absolute Gasteiger partial charge is 0.233 e. The van der Waals surface area contributed by atoms with Crippen molar-refractivity contribution in [2.75, 3.05) is 18.8 Å². The van der Waals surface area contributed by atoms with Crippen LogP contribution in [0.15, 0.2) is 29.4 Å². The Balaban J connectivity index is 1.62. The molecule has 3 rings (SSSR count). The number of nitrogens with two attached hydrogens (primary N) is 1. The Hall–Kier alpha value is -2.13. The molecule has 0 bridgehead atoms. The molecule has 2 amide bonds. The van der Waals surface area contributed by atoms with Crippen LogP contribution in [-0.2, 0) is 9.59 Å². The first-order valence-corrected chi connectivity index (χ1v) is 9.15. The summed E-state index contributed by atoms with van der Waals surface area (Å²) in [6.07, 6.45) is 1.52. The maximum Gasteiger partial charge on any atom is 0.233 e. The van der Waals surface area contributed by atoms with Gasteiger partial charge in [0.15, 0.2) is 0 Å². The average Bonchev–Trinajstić information content (AvgIpc) is 3.09. The fourth-order valence-corrected chi connectivity index (χ4v) is 3.59. The first-order valence-electron chi connectivity index (χ1n) is 7.79. The van der Waals surface area contributed by atoms with E-state index < -0.39 is 0 Å². The predicted octanol–water partition coefficient (Wildman–Crippen LogP) is 1.13. The zero-order chi connectivity index (χ0) is 17.8. The molecular weight excluding hydrogens is 364 g/mol. The van der Waals surface area contributed by atoms with E-state index in [1.807, 2.05) is 0 Å². The number of rotatable bonds is 5. The molecule has 0 spiro atoms. The number of likely N-dealkylation sites (tertiary alicyclic amines) is 1. The third-order valence-corrected chi connectivity index (χ3v) is 5.17. The minimum absolute atomic E-state index is 0.0541. The summed E-state index contributed by atoms with van der Waals surface area (Å²) in [5.74, 6) is -0.472. The van der Waals surface area contributed by atoms with Crippen molar-refractivity contribution in [3.05, 3.63) is 29.3 Å². The molecule has 8 nitrogen and oxygen atoms in total. The Kier molecular flexibility index (Phi) is 5.54. The molecule has 132 valence electrons. The van der Waals surface area contributed by atoms with Gasteiger partial charge in [-0.25, -0.2) is 0 Å². The number of nitrogens with zero attached hydrogens (tertiary/aromatic N) is 5. The number of tetrazole rings is 1. The van der Waals surface area contributed by atoms with Crippen molar-refractivity contribution in [1.82, 2.24) is 25.1 Å². The maximum absolute atomic E-state index is 12.4. The molecule has 1 aliphatic heterocycles. The Morgan fingerprint density at radius 3 is 2.80 bits per heavy atom. The molecule has 0 saturated carbocycles. The molecule has 1 fully saturated rings. The van der Waals surface area contributed by atoms with E-state index >= 15 is 0 Å². The Bertz CT molecular complexity index is 766. The summed E-state index contributed by atoms with van der Waals surface area (Å²) in [7, 11) is 0. The van der Waals surface area contributed by atoms with E-state index in [4.69, 9.17) is 17.3 Å². The van der Waals surface area contributed by atoms with Crippen molar-refractivity contribution in [1.29, 1.82) is 0 Å². The number of hydrogen-bond acceptors (Lipinski definition) is 6. The van der Waals surface area contributed by atoms with Crippen molar-refractivity contribution in [2.45, 2.75) is 18.0 Å². The monoisotopic (exact) mass is 380 g/mol. The number of aromatic nitrogens is 4. The maximum atomic E-state index is 12.4. The summed E-state index contributed by atoms with van der Waals surface area (Å²) in [6, 6.07) is 7.09. The largest absolute Gasteiger partial charge is 0.369 e. The number of primary amides is 1. The van der Waals surface area contributed by atoms with E-state index in [1.54, 1.807) is 33.8 Å². The van der Waals surface area contributed by atoms with E-state index in [1.165, 1.54) is 11.8 Å². The molecule has 0 unspecified atom stereocenters. The van der Waals surface area contributed by atoms with Crippen LogP contribution in [-0.4, -0.2) is 55.8 Å². The quantitative estimate of drug-likeness (QED) is 0.779. The zero-order valence-electron chi connectivity index (χ0n) is 13.3. The minimum Gasteiger partial charge on any atom is -0.369 e. The molecule has 1 saturated heterocycles. The van der Waals surface area contributed by atoms with Gasteiger partial charge in [-0.2, -0.15) is 4.68 Å². The number of hydrogen-bond donors (Lipinski definition) is 1. The second-order valence-corrected chi connectivity index (χ2v) is 7.10. The molecule has 2 heterocycles. The molecule has 10 heteroatoms. The first kappa shape index (κ1) is 17.7. The molecular formula is C15H17ClN6O2S. The highest BCUT2D eigenvalue weighted by atomic mass is 35.5. The molecule has 1 aromatic heterocycles. The first-order chi connectivity index (χ1) is 12.0. The number of piperidine rings is 1. The van der Waals surface area contributed by atoms with Crippen LogP contribution in [0.25, 0.3) is 5.69 Å². The molecule has 2 aromatic rings. The number of thioether (sulfide) groups is 1. The summed E-state index contributed by atoms with van der Waals surface area (Å²) in [5.41, 5.74) is 6.11. The van der Waals surface area contributed by atoms with Gasteiger partial charge in [-0.1, -0.05) is 23.4 Å².